The fraction of sp³-hybridized carbons (Fsp3) is 0.320. The number of aromatic nitrogens is 4. The van der Waals surface area contributed by atoms with Gasteiger partial charge in [0.2, 0.25) is 0 Å². The molecule has 0 spiro atoms. The number of anilines is 8. The zero-order valence-corrected chi connectivity index (χ0v) is 46.4. The minimum absolute atomic E-state index is 0.622. The predicted octanol–water partition coefficient (Wildman–Crippen LogP) is 16.3. The van der Waals surface area contributed by atoms with Crippen LogP contribution >= 0.6 is 44.3 Å². The van der Waals surface area contributed by atoms with E-state index in [4.69, 9.17) is 54.3 Å². The van der Waals surface area contributed by atoms with Gasteiger partial charge in [0, 0.05) is 47.5 Å². The van der Waals surface area contributed by atoms with E-state index in [1.807, 2.05) is 0 Å². The molecule has 0 bridgehead atoms. The summed E-state index contributed by atoms with van der Waals surface area (Å²) in [5.74, 6) is 4.46. The molecule has 2 aromatic heterocycles. The van der Waals surface area contributed by atoms with Crippen LogP contribution in [0.1, 0.15) is 22.3 Å². The van der Waals surface area contributed by atoms with Crippen LogP contribution in [0.2, 0.25) is 76.6 Å². The number of hydrogen-bond acceptors (Lipinski definition) is 6. The van der Waals surface area contributed by atoms with Gasteiger partial charge >= 0.3 is 0 Å². The lowest BCUT2D eigenvalue weighted by Gasteiger charge is -2.30. The number of nitrogens with one attached hydrogen (secondary N) is 2. The van der Waals surface area contributed by atoms with E-state index in [1.54, 1.807) is 0 Å². The van der Waals surface area contributed by atoms with E-state index in [1.165, 1.54) is 22.3 Å². The monoisotopic (exact) mass is 1030 g/mol. The normalized spacial score (nSPS) is 14.3. The highest BCUT2D eigenvalue weighted by atomic mass is 35.6. The molecule has 4 aromatic carbocycles. The van der Waals surface area contributed by atoms with Gasteiger partial charge in [-0.15, -0.1) is 0 Å². The second-order valence-corrected chi connectivity index (χ2v) is 48.2. The Hall–Kier alpha value is -3.99. The van der Waals surface area contributed by atoms with Crippen LogP contribution in [-0.4, -0.2) is 49.5 Å². The molecule has 4 heterocycles. The highest BCUT2D eigenvalue weighted by molar-refractivity contribution is 7.20. The molecular weight excluding hydrogens is 967 g/mol. The number of imidazole rings is 2. The van der Waals surface area contributed by atoms with Gasteiger partial charge in [0.15, 0.2) is 64.5 Å². The summed E-state index contributed by atoms with van der Waals surface area (Å²) >= 11 is 26.8. The first-order valence-corrected chi connectivity index (χ1v) is 39.9. The quantitative estimate of drug-likeness (QED) is 0.0701. The van der Waals surface area contributed by atoms with Gasteiger partial charge in [-0.1, -0.05) is 101 Å². The number of rotatable bonds is 17. The Morgan fingerprint density at radius 2 is 0.591 bits per heavy atom. The first kappa shape index (κ1) is 48.5. The Bertz CT molecular complexity index is 2290. The second-order valence-electron chi connectivity index (χ2n) is 20.1. The van der Waals surface area contributed by atoms with Gasteiger partial charge in [-0.05, 0) is 121 Å². The maximum atomic E-state index is 6.70. The van der Waals surface area contributed by atoms with E-state index in [9.17, 15) is 0 Å². The van der Waals surface area contributed by atoms with E-state index in [0.29, 0.717) is 11.6 Å². The molecule has 2 aliphatic heterocycles. The Kier molecular flexibility index (Phi) is 14.4. The zero-order valence-electron chi connectivity index (χ0n) is 39.4. The second kappa shape index (κ2) is 19.5. The number of hydrogen-bond donors (Lipinski definition) is 2. The Labute approximate surface area is 414 Å². The Morgan fingerprint density at radius 1 is 0.364 bits per heavy atom. The summed E-state index contributed by atoms with van der Waals surface area (Å²) in [6.45, 7) is 17.6. The minimum atomic E-state index is -1.69. The molecule has 0 fully saturated rings. The maximum Gasteiger partial charge on any atom is 0.181 e. The summed E-state index contributed by atoms with van der Waals surface area (Å²) in [5, 5.41) is 0. The van der Waals surface area contributed by atoms with E-state index in [2.05, 4.69) is 204 Å². The molecule has 0 atom stereocenters. The maximum absolute atomic E-state index is 6.70. The van der Waals surface area contributed by atoms with Crippen LogP contribution in [0.3, 0.4) is 0 Å². The van der Waals surface area contributed by atoms with Gasteiger partial charge < -0.3 is 9.97 Å². The van der Waals surface area contributed by atoms with Gasteiger partial charge in [-0.2, -0.15) is 44.3 Å². The van der Waals surface area contributed by atoms with Crippen molar-refractivity contribution < 1.29 is 0 Å². The summed E-state index contributed by atoms with van der Waals surface area (Å²) in [6.07, 6.45) is 12.2. The fourth-order valence-corrected chi connectivity index (χ4v) is 12.7. The van der Waals surface area contributed by atoms with E-state index in [0.717, 1.165) is 95.9 Å². The molecule has 8 rings (SSSR count). The van der Waals surface area contributed by atoms with Crippen molar-refractivity contribution in [2.75, 3.05) is 19.6 Å². The van der Waals surface area contributed by atoms with Gasteiger partial charge in [-0.25, -0.2) is 9.97 Å². The van der Waals surface area contributed by atoms with E-state index >= 15 is 0 Å². The lowest BCUT2D eigenvalue weighted by atomic mass is 10.1. The lowest BCUT2D eigenvalue weighted by Crippen LogP contribution is -2.21. The molecule has 346 valence electrons. The third-order valence-electron chi connectivity index (χ3n) is 12.1. The first-order valence-electron chi connectivity index (χ1n) is 23.0. The molecular formula is C50H62Cl4N8Si4. The van der Waals surface area contributed by atoms with Crippen LogP contribution in [-0.2, 0) is 25.7 Å². The first-order chi connectivity index (χ1) is 31.1. The third-order valence-corrected chi connectivity index (χ3v) is 20.1. The van der Waals surface area contributed by atoms with Crippen molar-refractivity contribution in [2.24, 2.45) is 0 Å². The van der Waals surface area contributed by atoms with Crippen molar-refractivity contribution in [3.8, 4) is 11.6 Å². The molecule has 8 nitrogen and oxygen atoms in total. The molecule has 16 heteroatoms. The number of H-pyrrole nitrogens is 2. The molecule has 0 amide bonds. The number of halogens is 4. The molecule has 0 saturated carbocycles. The Morgan fingerprint density at radius 3 is 0.833 bits per heavy atom. The van der Waals surface area contributed by atoms with Crippen LogP contribution in [0.5, 0.6) is 0 Å². The third kappa shape index (κ3) is 12.4. The molecule has 2 N–H and O–H groups in total. The molecule has 2 aliphatic rings. The van der Waals surface area contributed by atoms with E-state index in [-0.39, 0.29) is 0 Å². The summed E-state index contributed by atoms with van der Waals surface area (Å²) in [6, 6.07) is 39.2. The van der Waals surface area contributed by atoms with Crippen molar-refractivity contribution in [3.05, 3.63) is 144 Å². The van der Waals surface area contributed by atoms with E-state index < -0.39 is 29.5 Å². The van der Waals surface area contributed by atoms with Gasteiger partial charge in [-0.3, -0.25) is 19.6 Å². The molecule has 66 heavy (non-hydrogen) atoms. The van der Waals surface area contributed by atoms with Crippen molar-refractivity contribution in [1.82, 2.24) is 19.9 Å². The summed E-state index contributed by atoms with van der Waals surface area (Å²) < 4.78 is 0. The average Bonchev–Trinajstić information content (AvgIpc) is 3.92. The van der Waals surface area contributed by atoms with Crippen LogP contribution in [0.25, 0.3) is 11.6 Å². The largest absolute Gasteiger partial charge is 0.320 e. The van der Waals surface area contributed by atoms with Gasteiger partial charge in [0.25, 0.3) is 0 Å². The van der Waals surface area contributed by atoms with Crippen LogP contribution < -0.4 is 19.6 Å². The highest BCUT2D eigenvalue weighted by Gasteiger charge is 2.31. The summed E-state index contributed by atoms with van der Waals surface area (Å²) in [5.41, 5.74) is 9.20. The summed E-state index contributed by atoms with van der Waals surface area (Å²) in [4.78, 5) is 26.8. The van der Waals surface area contributed by atoms with Crippen LogP contribution in [0.15, 0.2) is 122 Å². The molecule has 0 aliphatic carbocycles. The molecule has 0 saturated heterocycles. The number of nitrogens with zero attached hydrogens (tertiary/aromatic N) is 6. The number of aromatic amines is 2. The predicted molar refractivity (Wildman–Crippen MR) is 296 cm³/mol. The highest BCUT2D eigenvalue weighted by Crippen LogP contribution is 2.45. The summed E-state index contributed by atoms with van der Waals surface area (Å²) in [7, 11) is -6.77. The van der Waals surface area contributed by atoms with Crippen molar-refractivity contribution in [1.29, 1.82) is 0 Å². The smallest absolute Gasteiger partial charge is 0.181 e. The SMILES string of the molecule is C[Si](C)(Cl)CCc1ccc(N2C=CN(c3ccc(CC[Si](C)(C)Cl)cc3)c3[nH]c(-c4nc5c([nH]4)N(c4ccc(CC[Si](C)(C)Cl)cc4)C=CN5c4ccc(CC[Si](C)(C)Cl)cc4)nc32)cc1. The number of fused-ring (bicyclic) bond motifs is 2. The zero-order chi connectivity index (χ0) is 47.0. The minimum Gasteiger partial charge on any atom is -0.320 e. The van der Waals surface area contributed by atoms with Crippen molar-refractivity contribution in [3.63, 3.8) is 0 Å². The van der Waals surface area contributed by atoms with Crippen LogP contribution in [0, 0.1) is 0 Å². The topological polar surface area (TPSA) is 70.3 Å². The molecule has 6 aromatic rings. The number of aryl methyl sites for hydroxylation is 4. The standard InChI is InChI=1S/C50H62Cl4N8Si4/c1-63(2,51)33-25-37-9-17-41(18-10-37)59-29-30-60(42-19-11-38(12-20-42)26-34-64(3,4)52)48-47(59)55-45(56-48)46-57-49-50(58-46)62(44-23-15-40(16-24-44)28-36-66(7,8)54)32-31-61(49)43-21-13-39(14-22-43)27-35-65(5,6)53/h9-24,29-32H,25-28,33-36H2,1-8H3,(H,55,56)(H,57,58). The van der Waals surface area contributed by atoms with Crippen molar-refractivity contribution in [2.45, 2.75) is 102 Å². The van der Waals surface area contributed by atoms with Gasteiger partial charge in [0.05, 0.1) is 0 Å². The molecule has 0 radical (unpaired) electrons. The van der Waals surface area contributed by atoms with Crippen LogP contribution in [0.4, 0.5) is 46.0 Å². The van der Waals surface area contributed by atoms with Crippen molar-refractivity contribution >= 4 is 120 Å². The molecule has 0 unspecified atom stereocenters. The Balaban J connectivity index is 1.17. The fourth-order valence-electron chi connectivity index (χ4n) is 8.07. The average molecular weight is 1030 g/mol. The number of benzene rings is 4. The lowest BCUT2D eigenvalue weighted by molar-refractivity contribution is 1.09. The van der Waals surface area contributed by atoms with Gasteiger partial charge in [0.1, 0.15) is 0 Å².